The molecule has 0 N–H and O–H groups in total. The Hall–Kier alpha value is -1.10. The van der Waals surface area contributed by atoms with Crippen molar-refractivity contribution in [1.82, 2.24) is 0 Å². The van der Waals surface area contributed by atoms with E-state index in [9.17, 15) is 9.59 Å². The van der Waals surface area contributed by atoms with E-state index in [0.29, 0.717) is 30.5 Å². The monoisotopic (exact) mass is 464 g/mol. The Kier molecular flexibility index (Phi) is 29.7. The third-order valence-electron chi connectivity index (χ3n) is 4.94. The van der Waals surface area contributed by atoms with Crippen molar-refractivity contribution in [3.63, 3.8) is 0 Å². The molecule has 3 atom stereocenters. The second kappa shape index (κ2) is 23.1. The zero-order chi connectivity index (χ0) is 23.1. The molecule has 0 radical (unpaired) electrons. The maximum Gasteiger partial charge on any atom is 0.302 e. The van der Waals surface area contributed by atoms with Gasteiger partial charge in [0, 0.05) is 13.8 Å². The van der Waals surface area contributed by atoms with Crippen molar-refractivity contribution in [3.8, 4) is 0 Å². The molecule has 5 heteroatoms. The van der Waals surface area contributed by atoms with Crippen molar-refractivity contribution in [2.45, 2.75) is 123 Å². The minimum Gasteiger partial charge on any atom is -0.466 e. The normalized spacial score (nSPS) is 18.0. The molecule has 5 nitrogen and oxygen atoms in total. The third kappa shape index (κ3) is 25.2. The molecular weight excluding hydrogens is 404 g/mol. The summed E-state index contributed by atoms with van der Waals surface area (Å²) in [5.74, 6) is 2.75. The van der Waals surface area contributed by atoms with Crippen molar-refractivity contribution in [2.24, 2.45) is 29.6 Å². The summed E-state index contributed by atoms with van der Waals surface area (Å²) < 4.78 is 15.4. The van der Waals surface area contributed by atoms with Crippen LogP contribution in [0.2, 0.25) is 0 Å². The molecule has 0 aromatic carbocycles. The minimum atomic E-state index is -0.198. The molecule has 1 aliphatic rings. The van der Waals surface area contributed by atoms with Crippen molar-refractivity contribution in [1.29, 1.82) is 0 Å². The fourth-order valence-corrected chi connectivity index (χ4v) is 2.53. The average molecular weight is 465 g/mol. The Morgan fingerprint density at radius 1 is 0.812 bits per heavy atom. The number of esters is 2. The van der Waals surface area contributed by atoms with Crippen LogP contribution >= 0.6 is 0 Å². The lowest BCUT2D eigenvalue weighted by molar-refractivity contribution is -0.147. The number of carbonyl (C=O) groups excluding carboxylic acids is 2. The summed E-state index contributed by atoms with van der Waals surface area (Å²) in [5, 5.41) is 0. The van der Waals surface area contributed by atoms with E-state index < -0.39 is 0 Å². The molecule has 32 heavy (non-hydrogen) atoms. The number of rotatable bonds is 6. The van der Waals surface area contributed by atoms with E-state index in [1.165, 1.54) is 26.7 Å². The molecule has 1 rings (SSSR count). The lowest BCUT2D eigenvalue weighted by Crippen LogP contribution is -2.31. The molecule has 1 aliphatic heterocycles. The van der Waals surface area contributed by atoms with Crippen molar-refractivity contribution in [3.05, 3.63) is 0 Å². The summed E-state index contributed by atoms with van der Waals surface area (Å²) in [6, 6.07) is 0. The van der Waals surface area contributed by atoms with Gasteiger partial charge in [0.2, 0.25) is 0 Å². The van der Waals surface area contributed by atoms with Crippen LogP contribution in [0.25, 0.3) is 0 Å². The lowest BCUT2D eigenvalue weighted by atomic mass is 9.86. The molecular formula is C27H60O5. The molecule has 0 aliphatic carbocycles. The van der Waals surface area contributed by atoms with Gasteiger partial charge in [-0.05, 0) is 49.4 Å². The van der Waals surface area contributed by atoms with E-state index in [-0.39, 0.29) is 40.3 Å². The molecule has 0 amide bonds. The molecule has 198 valence electrons. The maximum atomic E-state index is 10.3. The summed E-state index contributed by atoms with van der Waals surface area (Å²) in [4.78, 5) is 20.5. The van der Waals surface area contributed by atoms with E-state index >= 15 is 0 Å². The fraction of sp³-hybridized carbons (Fsp3) is 0.926. The Bertz CT molecular complexity index is 406. The Morgan fingerprint density at radius 2 is 1.31 bits per heavy atom. The average Bonchev–Trinajstić information content (AvgIpc) is 2.60. The van der Waals surface area contributed by atoms with Crippen LogP contribution in [0.15, 0.2) is 0 Å². The summed E-state index contributed by atoms with van der Waals surface area (Å²) in [6.07, 6.45) is 3.20. The SMILES string of the molecule is C.C.C.CC(=O)OC(C)C(C)C.CC(=O)OCC(C)C.CC(C)C1CCC(C(C)C)OC1. The molecule has 0 bridgehead atoms. The van der Waals surface area contributed by atoms with Gasteiger partial charge >= 0.3 is 11.9 Å². The predicted octanol–water partition coefficient (Wildman–Crippen LogP) is 7.80. The van der Waals surface area contributed by atoms with E-state index in [0.717, 1.165) is 18.4 Å². The van der Waals surface area contributed by atoms with E-state index in [4.69, 9.17) is 9.47 Å². The van der Waals surface area contributed by atoms with Crippen LogP contribution in [-0.4, -0.2) is 37.4 Å². The third-order valence-corrected chi connectivity index (χ3v) is 4.94. The van der Waals surface area contributed by atoms with Gasteiger partial charge in [-0.3, -0.25) is 9.59 Å². The number of ether oxygens (including phenoxy) is 3. The first-order chi connectivity index (χ1) is 13.3. The van der Waals surface area contributed by atoms with Gasteiger partial charge in [0.25, 0.3) is 0 Å². The summed E-state index contributed by atoms with van der Waals surface area (Å²) >= 11 is 0. The first-order valence-corrected chi connectivity index (χ1v) is 11.2. The van der Waals surface area contributed by atoms with E-state index in [2.05, 4.69) is 32.4 Å². The lowest BCUT2D eigenvalue weighted by Gasteiger charge is -2.33. The standard InChI is InChI=1S/C11H22O.C7H14O2.C6H12O2.3CH4/c1-8(2)10-5-6-11(9(3)4)12-7-10;1-5(2)6(3)9-7(4)8;1-5(2)4-8-6(3)7;;;/h8-11H,5-7H2,1-4H3;5-6H,1-4H3;5H,4H2,1-3H3;3*1H4. The topological polar surface area (TPSA) is 61.8 Å². The van der Waals surface area contributed by atoms with Crippen LogP contribution in [0.1, 0.15) is 111 Å². The Labute approximate surface area is 202 Å². The van der Waals surface area contributed by atoms with Crippen LogP contribution < -0.4 is 0 Å². The largest absolute Gasteiger partial charge is 0.466 e. The highest BCUT2D eigenvalue weighted by molar-refractivity contribution is 5.66. The van der Waals surface area contributed by atoms with Gasteiger partial charge < -0.3 is 14.2 Å². The zero-order valence-corrected chi connectivity index (χ0v) is 20.9. The number of hydrogen-bond acceptors (Lipinski definition) is 5. The van der Waals surface area contributed by atoms with Crippen molar-refractivity contribution >= 4 is 11.9 Å². The second-order valence-corrected chi connectivity index (χ2v) is 9.45. The van der Waals surface area contributed by atoms with E-state index in [1.54, 1.807) is 0 Å². The Morgan fingerprint density at radius 3 is 1.50 bits per heavy atom. The summed E-state index contributed by atoms with van der Waals surface area (Å²) in [5.41, 5.74) is 0. The highest BCUT2D eigenvalue weighted by Crippen LogP contribution is 2.27. The summed E-state index contributed by atoms with van der Waals surface area (Å²) in [6.45, 7) is 23.4. The molecule has 1 saturated heterocycles. The smallest absolute Gasteiger partial charge is 0.302 e. The highest BCUT2D eigenvalue weighted by Gasteiger charge is 2.25. The van der Waals surface area contributed by atoms with Crippen molar-refractivity contribution in [2.75, 3.05) is 13.2 Å². The van der Waals surface area contributed by atoms with Gasteiger partial charge in [-0.2, -0.15) is 0 Å². The Balaban J connectivity index is -0.000000112. The van der Waals surface area contributed by atoms with Crippen molar-refractivity contribution < 1.29 is 23.8 Å². The van der Waals surface area contributed by atoms with Crippen LogP contribution in [0, 0.1) is 29.6 Å². The fourth-order valence-electron chi connectivity index (χ4n) is 2.53. The molecule has 1 heterocycles. The molecule has 0 aromatic rings. The quantitative estimate of drug-likeness (QED) is 0.375. The number of carbonyl (C=O) groups is 2. The number of hydrogen-bond donors (Lipinski definition) is 0. The zero-order valence-electron chi connectivity index (χ0n) is 20.9. The van der Waals surface area contributed by atoms with Gasteiger partial charge in [-0.25, -0.2) is 0 Å². The van der Waals surface area contributed by atoms with Crippen LogP contribution in [0.3, 0.4) is 0 Å². The van der Waals surface area contributed by atoms with E-state index in [1.807, 2.05) is 34.6 Å². The van der Waals surface area contributed by atoms with Crippen LogP contribution in [0.5, 0.6) is 0 Å². The van der Waals surface area contributed by atoms with Gasteiger partial charge in [-0.1, -0.05) is 77.7 Å². The maximum absolute atomic E-state index is 10.3. The molecule has 0 spiro atoms. The van der Waals surface area contributed by atoms with Crippen LogP contribution in [-0.2, 0) is 23.8 Å². The molecule has 1 fully saturated rings. The predicted molar refractivity (Wildman–Crippen MR) is 140 cm³/mol. The molecule has 0 saturated carbocycles. The molecule has 3 unspecified atom stereocenters. The van der Waals surface area contributed by atoms with Gasteiger partial charge in [0.05, 0.1) is 19.3 Å². The first kappa shape index (κ1) is 41.2. The van der Waals surface area contributed by atoms with Gasteiger partial charge in [-0.15, -0.1) is 0 Å². The van der Waals surface area contributed by atoms with Gasteiger partial charge in [0.1, 0.15) is 6.10 Å². The van der Waals surface area contributed by atoms with Gasteiger partial charge in [0.15, 0.2) is 0 Å². The summed E-state index contributed by atoms with van der Waals surface area (Å²) in [7, 11) is 0. The van der Waals surface area contributed by atoms with Crippen LogP contribution in [0.4, 0.5) is 0 Å². The molecule has 0 aromatic heterocycles. The minimum absolute atomic E-state index is 0. The second-order valence-electron chi connectivity index (χ2n) is 9.45. The first-order valence-electron chi connectivity index (χ1n) is 11.2. The highest BCUT2D eigenvalue weighted by atomic mass is 16.5.